The van der Waals surface area contributed by atoms with Gasteiger partial charge in [0.1, 0.15) is 0 Å². The van der Waals surface area contributed by atoms with E-state index in [0.29, 0.717) is 0 Å². The fourth-order valence-electron chi connectivity index (χ4n) is 1.72. The summed E-state index contributed by atoms with van der Waals surface area (Å²) in [7, 11) is 0. The van der Waals surface area contributed by atoms with Crippen molar-refractivity contribution in [3.8, 4) is 0 Å². The van der Waals surface area contributed by atoms with Crippen LogP contribution in [-0.4, -0.2) is 11.2 Å². The zero-order chi connectivity index (χ0) is 10.2. The SMILES string of the molecule is Cc1ccc(CC(O)C2(C)CC2)cc1. The second-order valence-corrected chi connectivity index (χ2v) is 4.86. The van der Waals surface area contributed by atoms with Gasteiger partial charge in [-0.1, -0.05) is 36.8 Å². The maximum atomic E-state index is 9.97. The Morgan fingerprint density at radius 1 is 1.29 bits per heavy atom. The van der Waals surface area contributed by atoms with E-state index >= 15 is 0 Å². The lowest BCUT2D eigenvalue weighted by atomic mass is 9.95. The molecule has 0 bridgehead atoms. The van der Waals surface area contributed by atoms with Crippen LogP contribution in [0.25, 0.3) is 0 Å². The van der Waals surface area contributed by atoms with Gasteiger partial charge in [-0.05, 0) is 37.2 Å². The maximum absolute atomic E-state index is 9.97. The molecule has 1 aliphatic rings. The molecule has 14 heavy (non-hydrogen) atoms. The van der Waals surface area contributed by atoms with Gasteiger partial charge < -0.3 is 5.11 Å². The fraction of sp³-hybridized carbons (Fsp3) is 0.538. The van der Waals surface area contributed by atoms with Gasteiger partial charge in [-0.25, -0.2) is 0 Å². The van der Waals surface area contributed by atoms with Gasteiger partial charge in [-0.3, -0.25) is 0 Å². The summed E-state index contributed by atoms with van der Waals surface area (Å²) in [5.41, 5.74) is 2.74. The Balaban J connectivity index is 2.00. The third kappa shape index (κ3) is 1.98. The molecule has 1 saturated carbocycles. The van der Waals surface area contributed by atoms with E-state index in [1.807, 2.05) is 0 Å². The van der Waals surface area contributed by atoms with Crippen LogP contribution < -0.4 is 0 Å². The molecule has 2 rings (SSSR count). The first kappa shape index (κ1) is 9.72. The maximum Gasteiger partial charge on any atom is 0.0634 e. The molecule has 0 saturated heterocycles. The number of aliphatic hydroxyl groups is 1. The molecule has 1 N–H and O–H groups in total. The van der Waals surface area contributed by atoms with Crippen LogP contribution in [0, 0.1) is 12.3 Å². The Kier molecular flexibility index (Phi) is 2.36. The summed E-state index contributed by atoms with van der Waals surface area (Å²) in [4.78, 5) is 0. The van der Waals surface area contributed by atoms with E-state index in [1.54, 1.807) is 0 Å². The van der Waals surface area contributed by atoms with Gasteiger partial charge in [0.05, 0.1) is 6.10 Å². The van der Waals surface area contributed by atoms with E-state index in [9.17, 15) is 5.11 Å². The van der Waals surface area contributed by atoms with Crippen LogP contribution >= 0.6 is 0 Å². The molecule has 1 heteroatoms. The average molecular weight is 190 g/mol. The highest BCUT2D eigenvalue weighted by molar-refractivity contribution is 5.22. The predicted octanol–water partition coefficient (Wildman–Crippen LogP) is 2.70. The van der Waals surface area contributed by atoms with Crippen molar-refractivity contribution >= 4 is 0 Å². The Hall–Kier alpha value is -0.820. The molecule has 0 heterocycles. The molecule has 0 spiro atoms. The smallest absolute Gasteiger partial charge is 0.0634 e. The van der Waals surface area contributed by atoms with Crippen LogP contribution in [0.4, 0.5) is 0 Å². The molecule has 1 aromatic rings. The van der Waals surface area contributed by atoms with E-state index in [0.717, 1.165) is 6.42 Å². The van der Waals surface area contributed by atoms with Gasteiger partial charge in [-0.15, -0.1) is 0 Å². The van der Waals surface area contributed by atoms with Gasteiger partial charge in [0.15, 0.2) is 0 Å². The molecule has 0 aromatic heterocycles. The van der Waals surface area contributed by atoms with Crippen molar-refractivity contribution in [2.75, 3.05) is 0 Å². The zero-order valence-electron chi connectivity index (χ0n) is 8.96. The third-order valence-electron chi connectivity index (χ3n) is 3.39. The highest BCUT2D eigenvalue weighted by Crippen LogP contribution is 2.48. The minimum absolute atomic E-state index is 0.162. The Labute approximate surface area is 85.8 Å². The normalized spacial score (nSPS) is 20.5. The Morgan fingerprint density at radius 2 is 1.86 bits per heavy atom. The first-order valence-corrected chi connectivity index (χ1v) is 5.34. The molecule has 1 aromatic carbocycles. The molecular weight excluding hydrogens is 172 g/mol. The van der Waals surface area contributed by atoms with E-state index in [2.05, 4.69) is 38.1 Å². The second kappa shape index (κ2) is 3.39. The summed E-state index contributed by atoms with van der Waals surface area (Å²) in [5.74, 6) is 0. The van der Waals surface area contributed by atoms with E-state index in [1.165, 1.54) is 24.0 Å². The number of aliphatic hydroxyl groups excluding tert-OH is 1. The van der Waals surface area contributed by atoms with E-state index < -0.39 is 0 Å². The molecule has 76 valence electrons. The number of hydrogen-bond donors (Lipinski definition) is 1. The van der Waals surface area contributed by atoms with Gasteiger partial charge >= 0.3 is 0 Å². The number of aryl methyl sites for hydroxylation is 1. The lowest BCUT2D eigenvalue weighted by Crippen LogP contribution is -2.21. The van der Waals surface area contributed by atoms with E-state index in [4.69, 9.17) is 0 Å². The van der Waals surface area contributed by atoms with Gasteiger partial charge in [0.25, 0.3) is 0 Å². The van der Waals surface area contributed by atoms with Crippen LogP contribution in [0.1, 0.15) is 30.9 Å². The standard InChI is InChI=1S/C13H18O/c1-10-3-5-11(6-4-10)9-12(14)13(2)7-8-13/h3-6,12,14H,7-9H2,1-2H3. The molecule has 1 unspecified atom stereocenters. The third-order valence-corrected chi connectivity index (χ3v) is 3.39. The van der Waals surface area contributed by atoms with Crippen molar-refractivity contribution in [1.82, 2.24) is 0 Å². The van der Waals surface area contributed by atoms with Crippen molar-refractivity contribution in [3.05, 3.63) is 35.4 Å². The van der Waals surface area contributed by atoms with Gasteiger partial charge in [0, 0.05) is 0 Å². The van der Waals surface area contributed by atoms with Crippen LogP contribution in [0.2, 0.25) is 0 Å². The van der Waals surface area contributed by atoms with Gasteiger partial charge in [0.2, 0.25) is 0 Å². The van der Waals surface area contributed by atoms with Crippen molar-refractivity contribution in [2.45, 2.75) is 39.2 Å². The van der Waals surface area contributed by atoms with Gasteiger partial charge in [-0.2, -0.15) is 0 Å². The summed E-state index contributed by atoms with van der Waals surface area (Å²) < 4.78 is 0. The molecule has 1 aliphatic carbocycles. The van der Waals surface area contributed by atoms with Crippen LogP contribution in [0.3, 0.4) is 0 Å². The van der Waals surface area contributed by atoms with Crippen LogP contribution in [0.15, 0.2) is 24.3 Å². The summed E-state index contributed by atoms with van der Waals surface area (Å²) in [6.45, 7) is 4.26. The summed E-state index contributed by atoms with van der Waals surface area (Å²) in [5, 5.41) is 9.97. The quantitative estimate of drug-likeness (QED) is 0.777. The molecule has 1 atom stereocenters. The number of rotatable bonds is 3. The van der Waals surface area contributed by atoms with Crippen molar-refractivity contribution in [2.24, 2.45) is 5.41 Å². The molecule has 0 aliphatic heterocycles. The monoisotopic (exact) mass is 190 g/mol. The average Bonchev–Trinajstić information content (AvgIpc) is 2.89. The predicted molar refractivity (Wildman–Crippen MR) is 58.2 cm³/mol. The largest absolute Gasteiger partial charge is 0.392 e. The van der Waals surface area contributed by atoms with Crippen molar-refractivity contribution in [3.63, 3.8) is 0 Å². The van der Waals surface area contributed by atoms with E-state index in [-0.39, 0.29) is 11.5 Å². The lowest BCUT2D eigenvalue weighted by Gasteiger charge is -2.17. The van der Waals surface area contributed by atoms with Crippen LogP contribution in [-0.2, 0) is 6.42 Å². The van der Waals surface area contributed by atoms with Crippen molar-refractivity contribution in [1.29, 1.82) is 0 Å². The number of hydrogen-bond acceptors (Lipinski definition) is 1. The highest BCUT2D eigenvalue weighted by Gasteiger charge is 2.43. The molecule has 0 radical (unpaired) electrons. The van der Waals surface area contributed by atoms with Crippen molar-refractivity contribution < 1.29 is 5.11 Å². The fourth-order valence-corrected chi connectivity index (χ4v) is 1.72. The molecule has 1 nitrogen and oxygen atoms in total. The molecule has 1 fully saturated rings. The first-order chi connectivity index (χ1) is 6.60. The summed E-state index contributed by atoms with van der Waals surface area (Å²) in [6, 6.07) is 8.45. The first-order valence-electron chi connectivity index (χ1n) is 5.34. The summed E-state index contributed by atoms with van der Waals surface area (Å²) in [6.07, 6.45) is 3.00. The minimum atomic E-state index is -0.162. The summed E-state index contributed by atoms with van der Waals surface area (Å²) >= 11 is 0. The van der Waals surface area contributed by atoms with Crippen LogP contribution in [0.5, 0.6) is 0 Å². The zero-order valence-corrected chi connectivity index (χ0v) is 8.96. The molecule has 0 amide bonds. The highest BCUT2D eigenvalue weighted by atomic mass is 16.3. The molecular formula is C13H18O. The number of benzene rings is 1. The Morgan fingerprint density at radius 3 is 2.36 bits per heavy atom. The lowest BCUT2D eigenvalue weighted by molar-refractivity contribution is 0.103. The Bertz CT molecular complexity index is 309. The second-order valence-electron chi connectivity index (χ2n) is 4.86. The topological polar surface area (TPSA) is 20.2 Å². The minimum Gasteiger partial charge on any atom is -0.392 e.